The molecule has 0 aromatic heterocycles. The number of nitrogens with one attached hydrogen (secondary N) is 1. The highest BCUT2D eigenvalue weighted by atomic mass is 35.5. The fourth-order valence-electron chi connectivity index (χ4n) is 1.65. The maximum atomic E-state index is 12.1. The summed E-state index contributed by atoms with van der Waals surface area (Å²) in [5.74, 6) is -0.751. The number of halogens is 1. The van der Waals surface area contributed by atoms with Crippen LogP contribution < -0.4 is 10.4 Å². The first-order valence-corrected chi connectivity index (χ1v) is 6.24. The molecule has 5 nitrogen and oxygen atoms in total. The molecule has 1 N–H and O–H groups in total. The molecule has 0 saturated carbocycles. The minimum Gasteiger partial charge on any atom is -0.301 e. The van der Waals surface area contributed by atoms with Gasteiger partial charge in [-0.2, -0.15) is 0 Å². The van der Waals surface area contributed by atoms with Gasteiger partial charge in [0.2, 0.25) is 5.91 Å². The normalized spacial score (nSPS) is 11.8. The van der Waals surface area contributed by atoms with Crippen molar-refractivity contribution in [3.63, 3.8) is 0 Å². The molecule has 1 unspecified atom stereocenters. The summed E-state index contributed by atoms with van der Waals surface area (Å²) >= 11 is 5.83. The highest BCUT2D eigenvalue weighted by Gasteiger charge is 2.23. The van der Waals surface area contributed by atoms with Gasteiger partial charge in [0.25, 0.3) is 5.91 Å². The highest BCUT2D eigenvalue weighted by Crippen LogP contribution is 2.21. The van der Waals surface area contributed by atoms with Crippen molar-refractivity contribution in [3.8, 4) is 0 Å². The summed E-state index contributed by atoms with van der Waals surface area (Å²) in [6.45, 7) is 3.29. The number of benzene rings is 1. The lowest BCUT2D eigenvalue weighted by Crippen LogP contribution is -2.43. The van der Waals surface area contributed by atoms with Gasteiger partial charge in [0.15, 0.2) is 0 Å². The average molecular weight is 285 g/mol. The Labute approximate surface area is 117 Å². The predicted molar refractivity (Wildman–Crippen MR) is 74.0 cm³/mol. The summed E-state index contributed by atoms with van der Waals surface area (Å²) in [6.07, 6.45) is 0. The zero-order valence-electron chi connectivity index (χ0n) is 11.1. The molecular weight excluding hydrogens is 268 g/mol. The van der Waals surface area contributed by atoms with Crippen molar-refractivity contribution in [2.75, 3.05) is 18.6 Å². The van der Waals surface area contributed by atoms with Gasteiger partial charge in [-0.25, -0.2) is 5.48 Å². The van der Waals surface area contributed by atoms with Crippen LogP contribution in [0.25, 0.3) is 0 Å². The van der Waals surface area contributed by atoms with Gasteiger partial charge in [-0.3, -0.25) is 14.4 Å². The second-order valence-electron chi connectivity index (χ2n) is 4.06. The Bertz CT molecular complexity index is 463. The third-order valence-corrected chi connectivity index (χ3v) is 2.72. The maximum absolute atomic E-state index is 12.1. The van der Waals surface area contributed by atoms with E-state index in [1.807, 2.05) is 19.1 Å². The van der Waals surface area contributed by atoms with Crippen LogP contribution in [0.1, 0.15) is 12.5 Å². The highest BCUT2D eigenvalue weighted by molar-refractivity contribution is 6.32. The fourth-order valence-corrected chi connectivity index (χ4v) is 1.77. The summed E-state index contributed by atoms with van der Waals surface area (Å²) in [5.41, 5.74) is 3.73. The SMILES string of the molecule is CONC(=O)CN(C(=O)C(C)Cl)c1ccccc1C. The van der Waals surface area contributed by atoms with E-state index in [1.165, 1.54) is 12.0 Å². The molecule has 0 radical (unpaired) electrons. The molecule has 0 bridgehead atoms. The van der Waals surface area contributed by atoms with Gasteiger partial charge < -0.3 is 4.90 Å². The van der Waals surface area contributed by atoms with Crippen LogP contribution in [-0.2, 0) is 14.4 Å². The van der Waals surface area contributed by atoms with E-state index in [4.69, 9.17) is 11.6 Å². The molecule has 1 aromatic rings. The zero-order chi connectivity index (χ0) is 14.4. The summed E-state index contributed by atoms with van der Waals surface area (Å²) in [6, 6.07) is 7.30. The quantitative estimate of drug-likeness (QED) is 0.660. The van der Waals surface area contributed by atoms with Gasteiger partial charge in [0.05, 0.1) is 7.11 Å². The van der Waals surface area contributed by atoms with Crippen molar-refractivity contribution >= 4 is 29.1 Å². The van der Waals surface area contributed by atoms with Gasteiger partial charge in [0.1, 0.15) is 11.9 Å². The predicted octanol–water partition coefficient (Wildman–Crippen LogP) is 1.63. The molecule has 0 aliphatic rings. The topological polar surface area (TPSA) is 58.6 Å². The van der Waals surface area contributed by atoms with E-state index in [9.17, 15) is 9.59 Å². The molecule has 0 saturated heterocycles. The van der Waals surface area contributed by atoms with Crippen molar-refractivity contribution < 1.29 is 14.4 Å². The zero-order valence-corrected chi connectivity index (χ0v) is 11.9. The van der Waals surface area contributed by atoms with Gasteiger partial charge in [-0.05, 0) is 25.5 Å². The third kappa shape index (κ3) is 4.22. The van der Waals surface area contributed by atoms with E-state index in [2.05, 4.69) is 10.3 Å². The molecule has 19 heavy (non-hydrogen) atoms. The van der Waals surface area contributed by atoms with Crippen LogP contribution in [0.2, 0.25) is 0 Å². The lowest BCUT2D eigenvalue weighted by atomic mass is 10.1. The minimum absolute atomic E-state index is 0.144. The molecular formula is C13H17ClN2O3. The van der Waals surface area contributed by atoms with Crippen molar-refractivity contribution in [1.29, 1.82) is 0 Å². The molecule has 1 aromatic carbocycles. The smallest absolute Gasteiger partial charge is 0.263 e. The lowest BCUT2D eigenvalue weighted by Gasteiger charge is -2.24. The Morgan fingerprint density at radius 1 is 1.42 bits per heavy atom. The van der Waals surface area contributed by atoms with Gasteiger partial charge in [0, 0.05) is 5.69 Å². The second kappa shape index (κ2) is 7.11. The van der Waals surface area contributed by atoms with Crippen LogP contribution in [0, 0.1) is 6.92 Å². The molecule has 0 aliphatic carbocycles. The van der Waals surface area contributed by atoms with Crippen molar-refractivity contribution in [1.82, 2.24) is 5.48 Å². The molecule has 1 atom stereocenters. The van der Waals surface area contributed by atoms with Crippen LogP contribution >= 0.6 is 11.6 Å². The van der Waals surface area contributed by atoms with Crippen LogP contribution in [0.15, 0.2) is 24.3 Å². The first-order chi connectivity index (χ1) is 8.97. The third-order valence-electron chi connectivity index (χ3n) is 2.53. The molecule has 6 heteroatoms. The number of carbonyl (C=O) groups is 2. The van der Waals surface area contributed by atoms with Gasteiger partial charge in [-0.1, -0.05) is 18.2 Å². The summed E-state index contributed by atoms with van der Waals surface area (Å²) in [7, 11) is 1.34. The molecule has 0 spiro atoms. The molecule has 2 amide bonds. The van der Waals surface area contributed by atoms with Gasteiger partial charge >= 0.3 is 0 Å². The Morgan fingerprint density at radius 2 is 2.05 bits per heavy atom. The number of aryl methyl sites for hydroxylation is 1. The van der Waals surface area contributed by atoms with Crippen LogP contribution in [0.4, 0.5) is 5.69 Å². The Kier molecular flexibility index (Phi) is 5.79. The number of hydrogen-bond acceptors (Lipinski definition) is 3. The average Bonchev–Trinajstić information content (AvgIpc) is 2.36. The molecule has 0 aliphatic heterocycles. The van der Waals surface area contributed by atoms with Crippen LogP contribution in [0.5, 0.6) is 0 Å². The number of carbonyl (C=O) groups excluding carboxylic acids is 2. The maximum Gasteiger partial charge on any atom is 0.263 e. The summed E-state index contributed by atoms with van der Waals surface area (Å²) in [4.78, 5) is 29.6. The molecule has 104 valence electrons. The Balaban J connectivity index is 3.03. The molecule has 0 heterocycles. The largest absolute Gasteiger partial charge is 0.301 e. The number of para-hydroxylation sites is 1. The van der Waals surface area contributed by atoms with Crippen LogP contribution in [0.3, 0.4) is 0 Å². The summed E-state index contributed by atoms with van der Waals surface area (Å²) < 4.78 is 0. The van der Waals surface area contributed by atoms with Gasteiger partial charge in [-0.15, -0.1) is 11.6 Å². The van der Waals surface area contributed by atoms with E-state index in [0.29, 0.717) is 5.69 Å². The molecule has 1 rings (SSSR count). The number of hydroxylamine groups is 1. The van der Waals surface area contributed by atoms with Crippen molar-refractivity contribution in [3.05, 3.63) is 29.8 Å². The Hall–Kier alpha value is -1.59. The number of anilines is 1. The van der Waals surface area contributed by atoms with E-state index in [0.717, 1.165) is 5.56 Å². The number of alkyl halides is 1. The number of amides is 2. The Morgan fingerprint density at radius 3 is 2.58 bits per heavy atom. The fraction of sp³-hybridized carbons (Fsp3) is 0.385. The van der Waals surface area contributed by atoms with Crippen LogP contribution in [-0.4, -0.2) is 30.8 Å². The van der Waals surface area contributed by atoms with E-state index in [1.54, 1.807) is 19.1 Å². The first kappa shape index (κ1) is 15.5. The molecule has 0 fully saturated rings. The second-order valence-corrected chi connectivity index (χ2v) is 4.71. The van der Waals surface area contributed by atoms with E-state index >= 15 is 0 Å². The lowest BCUT2D eigenvalue weighted by molar-refractivity contribution is -0.131. The number of rotatable bonds is 5. The number of nitrogens with zero attached hydrogens (tertiary/aromatic N) is 1. The van der Waals surface area contributed by atoms with Crippen molar-refractivity contribution in [2.24, 2.45) is 0 Å². The summed E-state index contributed by atoms with van der Waals surface area (Å²) in [5, 5.41) is -0.713. The number of hydrogen-bond donors (Lipinski definition) is 1. The minimum atomic E-state index is -0.713. The monoisotopic (exact) mass is 284 g/mol. The standard InChI is InChI=1S/C13H17ClN2O3/c1-9-6-4-5-7-11(9)16(13(18)10(2)14)8-12(17)15-19-3/h4-7,10H,8H2,1-3H3,(H,15,17). The van der Waals surface area contributed by atoms with Crippen molar-refractivity contribution in [2.45, 2.75) is 19.2 Å². The van der Waals surface area contributed by atoms with E-state index < -0.39 is 11.3 Å². The first-order valence-electron chi connectivity index (χ1n) is 5.80. The van der Waals surface area contributed by atoms with E-state index in [-0.39, 0.29) is 12.5 Å².